The average molecular weight is 294 g/mol. The Kier molecular flexibility index (Phi) is 4.29. The molecule has 0 spiro atoms. The Morgan fingerprint density at radius 2 is 2.15 bits per heavy atom. The highest BCUT2D eigenvalue weighted by Crippen LogP contribution is 2.11. The van der Waals surface area contributed by atoms with Gasteiger partial charge in [-0.3, -0.25) is 9.89 Å². The highest BCUT2D eigenvalue weighted by atomic mass is 32.1. The summed E-state index contributed by atoms with van der Waals surface area (Å²) in [6.45, 7) is 4.43. The summed E-state index contributed by atoms with van der Waals surface area (Å²) >= 11 is 5.10. The van der Waals surface area contributed by atoms with Gasteiger partial charge in [0.15, 0.2) is 10.6 Å². The van der Waals surface area contributed by atoms with Crippen LogP contribution in [0.5, 0.6) is 0 Å². The molecule has 2 rings (SSSR count). The van der Waals surface area contributed by atoms with Gasteiger partial charge in [0, 0.05) is 12.1 Å². The number of benzene rings is 1. The van der Waals surface area contributed by atoms with Gasteiger partial charge in [0.05, 0.1) is 6.04 Å². The van der Waals surface area contributed by atoms with Gasteiger partial charge in [-0.1, -0.05) is 0 Å². The van der Waals surface area contributed by atoms with Gasteiger partial charge in [0.1, 0.15) is 5.82 Å². The number of nitrogens with one attached hydrogen (secondary N) is 2. The number of carbonyl (C=O) groups excluding carboxylic acids is 1. The predicted molar refractivity (Wildman–Crippen MR) is 75.4 cm³/mol. The number of hydrogen-bond donors (Lipinski definition) is 2. The standard InChI is InChI=1S/C13H15FN4OS/c1-3-18-11(16-17-13(18)20)8(2)15-12(19)9-4-6-10(14)7-5-9/h4-8H,3H2,1-2H3,(H,15,19)(H,17,20)/t8-/m1/s1. The second kappa shape index (κ2) is 5.96. The van der Waals surface area contributed by atoms with Crippen LogP contribution in [0.4, 0.5) is 4.39 Å². The molecular formula is C13H15FN4OS. The molecule has 2 N–H and O–H groups in total. The van der Waals surface area contributed by atoms with E-state index < -0.39 is 0 Å². The molecule has 0 saturated carbocycles. The second-order valence-corrected chi connectivity index (χ2v) is 4.72. The fraction of sp³-hybridized carbons (Fsp3) is 0.308. The van der Waals surface area contributed by atoms with E-state index in [1.807, 2.05) is 18.4 Å². The van der Waals surface area contributed by atoms with Crippen LogP contribution in [0.15, 0.2) is 24.3 Å². The third-order valence-electron chi connectivity index (χ3n) is 2.95. The molecule has 1 amide bonds. The topological polar surface area (TPSA) is 62.7 Å². The van der Waals surface area contributed by atoms with E-state index >= 15 is 0 Å². The molecule has 0 unspecified atom stereocenters. The lowest BCUT2D eigenvalue weighted by atomic mass is 10.2. The molecule has 0 radical (unpaired) electrons. The lowest BCUT2D eigenvalue weighted by Crippen LogP contribution is -2.28. The predicted octanol–water partition coefficient (Wildman–Crippen LogP) is 2.59. The zero-order valence-corrected chi connectivity index (χ0v) is 12.0. The molecule has 106 valence electrons. The highest BCUT2D eigenvalue weighted by Gasteiger charge is 2.16. The minimum Gasteiger partial charge on any atom is -0.342 e. The minimum absolute atomic E-state index is 0.283. The Labute approximate surface area is 120 Å². The summed E-state index contributed by atoms with van der Waals surface area (Å²) in [6.07, 6.45) is 0. The summed E-state index contributed by atoms with van der Waals surface area (Å²) in [5, 5.41) is 9.63. The van der Waals surface area contributed by atoms with Crippen LogP contribution in [0.3, 0.4) is 0 Å². The molecule has 0 bridgehead atoms. The van der Waals surface area contributed by atoms with Crippen LogP contribution in [0.2, 0.25) is 0 Å². The molecule has 1 atom stereocenters. The molecule has 1 aromatic carbocycles. The van der Waals surface area contributed by atoms with Crippen molar-refractivity contribution >= 4 is 18.1 Å². The van der Waals surface area contributed by atoms with Crippen molar-refractivity contribution in [1.82, 2.24) is 20.1 Å². The normalized spacial score (nSPS) is 12.2. The van der Waals surface area contributed by atoms with E-state index in [9.17, 15) is 9.18 Å². The SMILES string of the molecule is CCn1c([C@@H](C)NC(=O)c2ccc(F)cc2)n[nH]c1=S. The molecular weight excluding hydrogens is 279 g/mol. The van der Waals surface area contributed by atoms with E-state index in [1.165, 1.54) is 24.3 Å². The molecule has 0 fully saturated rings. The van der Waals surface area contributed by atoms with Crippen molar-refractivity contribution in [2.45, 2.75) is 26.4 Å². The Morgan fingerprint density at radius 1 is 1.50 bits per heavy atom. The van der Waals surface area contributed by atoms with Gasteiger partial charge in [-0.2, -0.15) is 5.10 Å². The first-order valence-electron chi connectivity index (χ1n) is 6.24. The van der Waals surface area contributed by atoms with Gasteiger partial charge < -0.3 is 9.88 Å². The molecule has 7 heteroatoms. The number of H-pyrrole nitrogens is 1. The van der Waals surface area contributed by atoms with E-state index in [0.717, 1.165) is 0 Å². The number of aromatic nitrogens is 3. The van der Waals surface area contributed by atoms with Crippen LogP contribution in [0.1, 0.15) is 36.1 Å². The Hall–Kier alpha value is -2.02. The molecule has 0 aliphatic heterocycles. The molecule has 1 heterocycles. The first-order chi connectivity index (χ1) is 9.52. The number of halogens is 1. The van der Waals surface area contributed by atoms with Crippen LogP contribution < -0.4 is 5.32 Å². The molecule has 5 nitrogen and oxygen atoms in total. The average Bonchev–Trinajstić information content (AvgIpc) is 2.80. The van der Waals surface area contributed by atoms with Crippen LogP contribution in [0, 0.1) is 10.6 Å². The Balaban J connectivity index is 2.15. The maximum Gasteiger partial charge on any atom is 0.251 e. The smallest absolute Gasteiger partial charge is 0.251 e. The van der Waals surface area contributed by atoms with Crippen molar-refractivity contribution < 1.29 is 9.18 Å². The van der Waals surface area contributed by atoms with Crippen molar-refractivity contribution in [3.63, 3.8) is 0 Å². The summed E-state index contributed by atoms with van der Waals surface area (Å²) in [5.41, 5.74) is 0.399. The number of hydrogen-bond acceptors (Lipinski definition) is 3. The summed E-state index contributed by atoms with van der Waals surface area (Å²) < 4.78 is 15.1. The van der Waals surface area contributed by atoms with Crippen LogP contribution in [0.25, 0.3) is 0 Å². The first kappa shape index (κ1) is 14.4. The second-order valence-electron chi connectivity index (χ2n) is 4.33. The Bertz CT molecular complexity index is 662. The van der Waals surface area contributed by atoms with E-state index in [4.69, 9.17) is 12.2 Å². The summed E-state index contributed by atoms with van der Waals surface area (Å²) in [6, 6.07) is 5.08. The van der Waals surface area contributed by atoms with Crippen LogP contribution in [-0.2, 0) is 6.54 Å². The number of carbonyl (C=O) groups is 1. The summed E-state index contributed by atoms with van der Waals surface area (Å²) in [7, 11) is 0. The third kappa shape index (κ3) is 2.93. The van der Waals surface area contributed by atoms with Gasteiger partial charge in [-0.25, -0.2) is 4.39 Å². The zero-order valence-electron chi connectivity index (χ0n) is 11.2. The summed E-state index contributed by atoms with van der Waals surface area (Å²) in [4.78, 5) is 12.0. The fourth-order valence-electron chi connectivity index (χ4n) is 1.91. The molecule has 0 aliphatic rings. The van der Waals surface area contributed by atoms with Gasteiger partial charge in [-0.05, 0) is 50.3 Å². The number of rotatable bonds is 4. The summed E-state index contributed by atoms with van der Waals surface area (Å²) in [5.74, 6) is 0.00325. The third-order valence-corrected chi connectivity index (χ3v) is 3.26. The molecule has 2 aromatic rings. The van der Waals surface area contributed by atoms with Crippen LogP contribution in [-0.4, -0.2) is 20.7 Å². The first-order valence-corrected chi connectivity index (χ1v) is 6.65. The van der Waals surface area contributed by atoms with Crippen molar-refractivity contribution in [3.8, 4) is 0 Å². The number of amides is 1. The maximum absolute atomic E-state index is 12.8. The van der Waals surface area contributed by atoms with Crippen molar-refractivity contribution in [2.75, 3.05) is 0 Å². The van der Waals surface area contributed by atoms with Gasteiger partial charge in [-0.15, -0.1) is 0 Å². The van der Waals surface area contributed by atoms with E-state index in [-0.39, 0.29) is 17.8 Å². The number of aromatic amines is 1. The van der Waals surface area contributed by atoms with Gasteiger partial charge in [0.2, 0.25) is 0 Å². The van der Waals surface area contributed by atoms with E-state index in [0.29, 0.717) is 22.7 Å². The lowest BCUT2D eigenvalue weighted by Gasteiger charge is -2.14. The largest absolute Gasteiger partial charge is 0.342 e. The molecule has 1 aromatic heterocycles. The number of nitrogens with zero attached hydrogens (tertiary/aromatic N) is 2. The quantitative estimate of drug-likeness (QED) is 0.852. The molecule has 20 heavy (non-hydrogen) atoms. The van der Waals surface area contributed by atoms with Gasteiger partial charge in [0.25, 0.3) is 5.91 Å². The van der Waals surface area contributed by atoms with E-state index in [1.54, 1.807) is 0 Å². The lowest BCUT2D eigenvalue weighted by molar-refractivity contribution is 0.0937. The van der Waals surface area contributed by atoms with Crippen molar-refractivity contribution in [1.29, 1.82) is 0 Å². The van der Waals surface area contributed by atoms with E-state index in [2.05, 4.69) is 15.5 Å². The maximum atomic E-state index is 12.8. The van der Waals surface area contributed by atoms with Crippen LogP contribution >= 0.6 is 12.2 Å². The zero-order chi connectivity index (χ0) is 14.7. The highest BCUT2D eigenvalue weighted by molar-refractivity contribution is 7.71. The Morgan fingerprint density at radius 3 is 2.75 bits per heavy atom. The van der Waals surface area contributed by atoms with Gasteiger partial charge >= 0.3 is 0 Å². The van der Waals surface area contributed by atoms with Crippen molar-refractivity contribution in [2.24, 2.45) is 0 Å². The minimum atomic E-state index is -0.374. The van der Waals surface area contributed by atoms with Crippen molar-refractivity contribution in [3.05, 3.63) is 46.2 Å². The monoisotopic (exact) mass is 294 g/mol. The molecule has 0 saturated heterocycles. The fourth-order valence-corrected chi connectivity index (χ4v) is 2.18. The molecule has 0 aliphatic carbocycles.